The van der Waals surface area contributed by atoms with Crippen LogP contribution in [0.3, 0.4) is 0 Å². The van der Waals surface area contributed by atoms with Crippen LogP contribution < -0.4 is 21.7 Å². The lowest BCUT2D eigenvalue weighted by atomic mass is 10.0. The van der Waals surface area contributed by atoms with Gasteiger partial charge in [0.2, 0.25) is 17.7 Å². The number of aliphatic hydroxyl groups is 1. The van der Waals surface area contributed by atoms with Crippen molar-refractivity contribution in [3.63, 3.8) is 0 Å². The molecule has 4 unspecified atom stereocenters. The van der Waals surface area contributed by atoms with Crippen molar-refractivity contribution in [1.29, 1.82) is 0 Å². The first-order chi connectivity index (χ1) is 19.3. The van der Waals surface area contributed by atoms with Gasteiger partial charge in [-0.1, -0.05) is 91.0 Å². The van der Waals surface area contributed by atoms with E-state index in [0.29, 0.717) is 0 Å². The minimum atomic E-state index is -1.23. The smallest absolute Gasteiger partial charge is 0.326 e. The highest BCUT2D eigenvalue weighted by Gasteiger charge is 2.30. The van der Waals surface area contributed by atoms with Crippen molar-refractivity contribution in [3.05, 3.63) is 108 Å². The van der Waals surface area contributed by atoms with Crippen LogP contribution >= 0.6 is 0 Å². The molecule has 10 nitrogen and oxygen atoms in total. The zero-order valence-electron chi connectivity index (χ0n) is 21.9. The Morgan fingerprint density at radius 3 is 1.25 bits per heavy atom. The van der Waals surface area contributed by atoms with E-state index in [1.165, 1.54) is 0 Å². The summed E-state index contributed by atoms with van der Waals surface area (Å²) in [6.07, 6.45) is 0.236. The zero-order chi connectivity index (χ0) is 28.9. The predicted molar refractivity (Wildman–Crippen MR) is 149 cm³/mol. The van der Waals surface area contributed by atoms with Crippen molar-refractivity contribution in [2.45, 2.75) is 43.4 Å². The molecule has 0 heterocycles. The standard InChI is InChI=1S/C30H34N4O6/c31-23(19-35)27(36)32-24(16-20-10-4-1-5-11-20)28(37)33-25(17-21-12-6-2-7-13-21)29(38)34-26(30(39)40)18-22-14-8-3-9-15-22/h1-15,23-26,35H,16-19,31H2,(H,32,36)(H,33,37)(H,34,38)(H,39,40). The van der Waals surface area contributed by atoms with Gasteiger partial charge in [-0.25, -0.2) is 4.79 Å². The van der Waals surface area contributed by atoms with Crippen LogP contribution in [0.1, 0.15) is 16.7 Å². The van der Waals surface area contributed by atoms with Gasteiger partial charge in [0, 0.05) is 19.3 Å². The Kier molecular flexibility index (Phi) is 11.4. The van der Waals surface area contributed by atoms with Crippen LogP contribution in [0.15, 0.2) is 91.0 Å². The van der Waals surface area contributed by atoms with E-state index in [9.17, 15) is 29.4 Å². The summed E-state index contributed by atoms with van der Waals surface area (Å²) in [4.78, 5) is 51.3. The molecule has 0 radical (unpaired) electrons. The number of rotatable bonds is 14. The predicted octanol–water partition coefficient (Wildman–Crippen LogP) is 0.573. The Morgan fingerprint density at radius 2 is 0.900 bits per heavy atom. The fourth-order valence-corrected chi connectivity index (χ4v) is 4.07. The van der Waals surface area contributed by atoms with Crippen LogP contribution in [0.2, 0.25) is 0 Å². The maximum Gasteiger partial charge on any atom is 0.326 e. The fraction of sp³-hybridized carbons (Fsp3) is 0.267. The van der Waals surface area contributed by atoms with Crippen LogP contribution in [0.5, 0.6) is 0 Å². The molecule has 4 atom stereocenters. The molecule has 7 N–H and O–H groups in total. The number of nitrogens with one attached hydrogen (secondary N) is 3. The van der Waals surface area contributed by atoms with Crippen molar-refractivity contribution >= 4 is 23.7 Å². The van der Waals surface area contributed by atoms with E-state index in [0.717, 1.165) is 16.7 Å². The van der Waals surface area contributed by atoms with Gasteiger partial charge < -0.3 is 31.9 Å². The number of benzene rings is 3. The van der Waals surface area contributed by atoms with E-state index in [2.05, 4.69) is 16.0 Å². The first kappa shape index (κ1) is 30.0. The van der Waals surface area contributed by atoms with Gasteiger partial charge in [0.15, 0.2) is 0 Å². The lowest BCUT2D eigenvalue weighted by Crippen LogP contribution is -2.58. The third-order valence-electron chi connectivity index (χ3n) is 6.26. The van der Waals surface area contributed by atoms with Crippen molar-refractivity contribution < 1.29 is 29.4 Å². The van der Waals surface area contributed by atoms with E-state index in [-0.39, 0.29) is 19.3 Å². The SMILES string of the molecule is NC(CO)C(=O)NC(Cc1ccccc1)C(=O)NC(Cc1ccccc1)C(=O)NC(Cc1ccccc1)C(=O)O. The number of carboxylic acid groups (broad SMARTS) is 1. The van der Waals surface area contributed by atoms with E-state index in [1.807, 2.05) is 12.1 Å². The number of nitrogens with two attached hydrogens (primary N) is 1. The van der Waals surface area contributed by atoms with Gasteiger partial charge in [0.1, 0.15) is 24.2 Å². The maximum atomic E-state index is 13.5. The molecule has 0 aromatic heterocycles. The number of aliphatic carboxylic acids is 1. The number of carboxylic acids is 1. The summed E-state index contributed by atoms with van der Waals surface area (Å²) in [5, 5.41) is 26.9. The first-order valence-electron chi connectivity index (χ1n) is 12.9. The van der Waals surface area contributed by atoms with E-state index in [4.69, 9.17) is 5.73 Å². The second-order valence-corrected chi connectivity index (χ2v) is 9.38. The topological polar surface area (TPSA) is 171 Å². The van der Waals surface area contributed by atoms with E-state index < -0.39 is 54.5 Å². The Bertz CT molecular complexity index is 1260. The highest BCUT2D eigenvalue weighted by atomic mass is 16.4. The van der Waals surface area contributed by atoms with Crippen molar-refractivity contribution in [2.75, 3.05) is 6.61 Å². The normalized spacial score (nSPS) is 13.8. The molecule has 0 bridgehead atoms. The highest BCUT2D eigenvalue weighted by molar-refractivity contribution is 5.94. The minimum Gasteiger partial charge on any atom is -0.480 e. The molecule has 3 amide bonds. The third kappa shape index (κ3) is 9.33. The zero-order valence-corrected chi connectivity index (χ0v) is 21.9. The van der Waals surface area contributed by atoms with Crippen LogP contribution in [-0.4, -0.2) is 64.7 Å². The van der Waals surface area contributed by atoms with Crippen LogP contribution in [0.4, 0.5) is 0 Å². The van der Waals surface area contributed by atoms with Crippen molar-refractivity contribution in [1.82, 2.24) is 16.0 Å². The molecule has 3 rings (SSSR count). The third-order valence-corrected chi connectivity index (χ3v) is 6.26. The van der Waals surface area contributed by atoms with Crippen LogP contribution in [-0.2, 0) is 38.4 Å². The molecule has 0 aliphatic carbocycles. The second kappa shape index (κ2) is 15.2. The van der Waals surface area contributed by atoms with Crippen molar-refractivity contribution in [3.8, 4) is 0 Å². The Hall–Kier alpha value is -4.54. The molecular weight excluding hydrogens is 512 g/mol. The highest BCUT2D eigenvalue weighted by Crippen LogP contribution is 2.09. The largest absolute Gasteiger partial charge is 0.480 e. The monoisotopic (exact) mass is 546 g/mol. The second-order valence-electron chi connectivity index (χ2n) is 9.38. The Balaban J connectivity index is 1.83. The average molecular weight is 547 g/mol. The lowest BCUT2D eigenvalue weighted by Gasteiger charge is -2.25. The molecule has 0 saturated heterocycles. The molecule has 0 spiro atoms. The summed E-state index contributed by atoms with van der Waals surface area (Å²) in [6, 6.07) is 22.1. The summed E-state index contributed by atoms with van der Waals surface area (Å²) in [5.74, 6) is -3.28. The number of hydrogen-bond acceptors (Lipinski definition) is 6. The Labute approximate surface area is 232 Å². The average Bonchev–Trinajstić information content (AvgIpc) is 2.97. The van der Waals surface area contributed by atoms with Crippen molar-refractivity contribution in [2.24, 2.45) is 5.73 Å². The number of carbonyl (C=O) groups excluding carboxylic acids is 3. The molecular formula is C30H34N4O6. The summed E-state index contributed by atoms with van der Waals surface area (Å²) in [6.45, 7) is -0.609. The maximum absolute atomic E-state index is 13.5. The van der Waals surface area contributed by atoms with Crippen LogP contribution in [0, 0.1) is 0 Å². The number of amides is 3. The van der Waals surface area contributed by atoms with E-state index >= 15 is 0 Å². The molecule has 10 heteroatoms. The van der Waals surface area contributed by atoms with Gasteiger partial charge >= 0.3 is 5.97 Å². The lowest BCUT2D eigenvalue weighted by molar-refractivity contribution is -0.142. The van der Waals surface area contributed by atoms with Gasteiger partial charge in [-0.3, -0.25) is 14.4 Å². The summed E-state index contributed by atoms with van der Waals surface area (Å²) >= 11 is 0. The van der Waals surface area contributed by atoms with Gasteiger partial charge in [0.05, 0.1) is 6.61 Å². The molecule has 3 aromatic carbocycles. The molecule has 0 aliphatic heterocycles. The molecule has 0 aliphatic rings. The van der Waals surface area contributed by atoms with Gasteiger partial charge in [-0.15, -0.1) is 0 Å². The van der Waals surface area contributed by atoms with Crippen LogP contribution in [0.25, 0.3) is 0 Å². The van der Waals surface area contributed by atoms with E-state index in [1.54, 1.807) is 78.9 Å². The number of aliphatic hydroxyl groups excluding tert-OH is 1. The fourth-order valence-electron chi connectivity index (χ4n) is 4.07. The molecule has 40 heavy (non-hydrogen) atoms. The van der Waals surface area contributed by atoms with Gasteiger partial charge in [-0.05, 0) is 16.7 Å². The Morgan fingerprint density at radius 1 is 0.575 bits per heavy atom. The molecule has 210 valence electrons. The minimum absolute atomic E-state index is 0.0552. The van der Waals surface area contributed by atoms with Gasteiger partial charge in [0.25, 0.3) is 0 Å². The summed E-state index contributed by atoms with van der Waals surface area (Å²) in [7, 11) is 0. The van der Waals surface area contributed by atoms with Gasteiger partial charge in [-0.2, -0.15) is 0 Å². The molecule has 0 saturated carbocycles. The quantitative estimate of drug-likeness (QED) is 0.172. The number of carbonyl (C=O) groups is 4. The first-order valence-corrected chi connectivity index (χ1v) is 12.9. The summed E-state index contributed by atoms with van der Waals surface area (Å²) < 4.78 is 0. The number of hydrogen-bond donors (Lipinski definition) is 6. The molecule has 3 aromatic rings. The summed E-state index contributed by atoms with van der Waals surface area (Å²) in [5.41, 5.74) is 7.86. The molecule has 0 fully saturated rings.